The number of hydrogen-bond donors (Lipinski definition) is 3. The summed E-state index contributed by atoms with van der Waals surface area (Å²) in [6, 6.07) is 7.39. The molecule has 3 fully saturated rings. The summed E-state index contributed by atoms with van der Waals surface area (Å²) in [7, 11) is -3.87. The molecule has 0 radical (unpaired) electrons. The third-order valence-electron chi connectivity index (χ3n) is 9.45. The summed E-state index contributed by atoms with van der Waals surface area (Å²) in [5.41, 5.74) is -2.27. The van der Waals surface area contributed by atoms with Gasteiger partial charge in [-0.05, 0) is 76.8 Å². The Morgan fingerprint density at radius 1 is 1.06 bits per heavy atom. The fourth-order valence-electron chi connectivity index (χ4n) is 6.64. The summed E-state index contributed by atoms with van der Waals surface area (Å²) in [6.45, 7) is 5.22. The highest BCUT2D eigenvalue weighted by Crippen LogP contribution is 2.46. The Hall–Kier alpha value is -4.20. The number of amides is 4. The van der Waals surface area contributed by atoms with Crippen molar-refractivity contribution in [1.29, 1.82) is 0 Å². The van der Waals surface area contributed by atoms with Crippen molar-refractivity contribution in [3.63, 3.8) is 0 Å². The number of ether oxygens (including phenoxy) is 2. The lowest BCUT2D eigenvalue weighted by molar-refractivity contribution is -0.141. The van der Waals surface area contributed by atoms with Crippen molar-refractivity contribution in [3.8, 4) is 5.88 Å². The zero-order valence-corrected chi connectivity index (χ0v) is 29.0. The number of sulfonamides is 1. The molecule has 2 aliphatic carbocycles. The minimum atomic E-state index is -3.87. The number of allylic oxidation sites excluding steroid dienone is 1. The molecule has 3 heterocycles. The highest BCUT2D eigenvalue weighted by Gasteiger charge is 2.62. The molecule has 1 aromatic carbocycles. The molecule has 2 aromatic rings. The van der Waals surface area contributed by atoms with E-state index in [2.05, 4.69) is 20.3 Å². The number of rotatable bonds is 6. The summed E-state index contributed by atoms with van der Waals surface area (Å²) in [5, 5.41) is 6.68. The Morgan fingerprint density at radius 2 is 1.84 bits per heavy atom. The van der Waals surface area contributed by atoms with Gasteiger partial charge in [0.15, 0.2) is 0 Å². The predicted molar refractivity (Wildman–Crippen MR) is 181 cm³/mol. The third kappa shape index (κ3) is 8.00. The second-order valence-corrected chi connectivity index (χ2v) is 16.5. The van der Waals surface area contributed by atoms with Crippen molar-refractivity contribution in [3.05, 3.63) is 48.7 Å². The fourth-order valence-corrected chi connectivity index (χ4v) is 8.00. The number of nitrogens with zero attached hydrogens (tertiary/aromatic N) is 2. The van der Waals surface area contributed by atoms with E-state index in [0.29, 0.717) is 38.0 Å². The van der Waals surface area contributed by atoms with Crippen LogP contribution in [0.15, 0.2) is 48.7 Å². The Kier molecular flexibility index (Phi) is 9.62. The van der Waals surface area contributed by atoms with Gasteiger partial charge in [-0.2, -0.15) is 0 Å². The zero-order chi connectivity index (χ0) is 35.0. The van der Waals surface area contributed by atoms with Gasteiger partial charge < -0.3 is 25.0 Å². The van der Waals surface area contributed by atoms with Crippen LogP contribution in [0, 0.1) is 5.92 Å². The van der Waals surface area contributed by atoms with Gasteiger partial charge in [-0.15, -0.1) is 0 Å². The number of carbonyl (C=O) groups is 4. The van der Waals surface area contributed by atoms with Crippen molar-refractivity contribution in [2.24, 2.45) is 5.92 Å². The molecule has 1 saturated heterocycles. The first-order chi connectivity index (χ1) is 23.3. The lowest BCUT2D eigenvalue weighted by Gasteiger charge is -2.30. The Bertz CT molecular complexity index is 1750. The molecule has 4 aliphatic rings. The van der Waals surface area contributed by atoms with Gasteiger partial charge in [0.05, 0.1) is 11.8 Å². The maximum Gasteiger partial charge on any atom is 0.408 e. The second-order valence-electron chi connectivity index (χ2n) is 14.5. The second kappa shape index (κ2) is 13.6. The molecule has 2 aliphatic heterocycles. The van der Waals surface area contributed by atoms with E-state index in [4.69, 9.17) is 9.47 Å². The van der Waals surface area contributed by atoms with Crippen LogP contribution in [0.5, 0.6) is 5.88 Å². The summed E-state index contributed by atoms with van der Waals surface area (Å²) >= 11 is 0. The van der Waals surface area contributed by atoms with Crippen molar-refractivity contribution in [2.45, 2.75) is 113 Å². The van der Waals surface area contributed by atoms with Crippen LogP contribution in [-0.4, -0.2) is 83.2 Å². The van der Waals surface area contributed by atoms with Crippen molar-refractivity contribution in [1.82, 2.24) is 25.2 Å². The number of carbonyl (C=O) groups excluding carboxylic acids is 4. The standard InChI is InChI=1S/C35H45N5O8S/c1-34(2,3)48-33(44)37-27-14-8-6-4-5-7-12-23-20-35(23,32(43)39-49(45,46)25-15-16-25)38-29(41)28-19-24(21-40(28)31(27)42)47-30-26-13-10-9-11-22(26)17-18-36-30/h7,9-13,17-18,23-25,27-28H,4-6,8,14-16,19-21H2,1-3H3,(H,37,44)(H,38,41)(H,39,43)/t23?,24?,27-,28-,35+/m0/s1. The monoisotopic (exact) mass is 695 g/mol. The first kappa shape index (κ1) is 34.7. The molecule has 0 bridgehead atoms. The van der Waals surface area contributed by atoms with Crippen LogP contribution in [0.4, 0.5) is 4.79 Å². The van der Waals surface area contributed by atoms with Crippen molar-refractivity contribution >= 4 is 44.6 Å². The Labute approximate surface area is 286 Å². The van der Waals surface area contributed by atoms with Crippen LogP contribution >= 0.6 is 0 Å². The molecular formula is C35H45N5O8S. The van der Waals surface area contributed by atoms with Gasteiger partial charge in [0.1, 0.15) is 29.3 Å². The van der Waals surface area contributed by atoms with E-state index in [1.807, 2.05) is 42.5 Å². The van der Waals surface area contributed by atoms with Crippen LogP contribution in [-0.2, 0) is 29.1 Å². The molecule has 49 heavy (non-hydrogen) atoms. The topological polar surface area (TPSA) is 173 Å². The van der Waals surface area contributed by atoms with E-state index in [1.165, 1.54) is 4.90 Å². The number of aromatic nitrogens is 1. The maximum absolute atomic E-state index is 14.3. The number of alkyl carbamates (subject to hydrolysis) is 1. The first-order valence-electron chi connectivity index (χ1n) is 17.1. The SMILES string of the molecule is CC(C)(C)OC(=O)N[C@H]1CCCCCC=CC2C[C@@]2(C(=O)NS(=O)(=O)C2CC2)NC(=O)[C@@H]2CC(Oc3nccc4ccccc34)CN2C1=O. The average molecular weight is 696 g/mol. The number of nitrogens with one attached hydrogen (secondary N) is 3. The molecule has 14 heteroatoms. The molecule has 3 N–H and O–H groups in total. The third-order valence-corrected chi connectivity index (χ3v) is 11.3. The van der Waals surface area contributed by atoms with Crippen LogP contribution < -0.4 is 20.1 Å². The minimum absolute atomic E-state index is 0.0207. The molecule has 4 amide bonds. The Balaban J connectivity index is 1.30. The van der Waals surface area contributed by atoms with Crippen LogP contribution in [0.25, 0.3) is 10.8 Å². The summed E-state index contributed by atoms with van der Waals surface area (Å²) in [4.78, 5) is 60.9. The van der Waals surface area contributed by atoms with Crippen molar-refractivity contribution in [2.75, 3.05) is 6.54 Å². The molecule has 1 aromatic heterocycles. The minimum Gasteiger partial charge on any atom is -0.472 e. The highest BCUT2D eigenvalue weighted by molar-refractivity contribution is 7.91. The molecule has 5 atom stereocenters. The number of pyridine rings is 1. The smallest absolute Gasteiger partial charge is 0.408 e. The first-order valence-corrected chi connectivity index (χ1v) is 18.7. The number of benzene rings is 1. The van der Waals surface area contributed by atoms with Gasteiger partial charge in [0, 0.05) is 23.9 Å². The quantitative estimate of drug-likeness (QED) is 0.383. The molecule has 2 saturated carbocycles. The van der Waals surface area contributed by atoms with Crippen LogP contribution in [0.3, 0.4) is 0 Å². The number of fused-ring (bicyclic) bond motifs is 3. The van der Waals surface area contributed by atoms with Gasteiger partial charge in [-0.1, -0.05) is 43.2 Å². The van der Waals surface area contributed by atoms with Crippen molar-refractivity contribution < 1.29 is 37.1 Å². The van der Waals surface area contributed by atoms with Gasteiger partial charge in [0.2, 0.25) is 27.7 Å². The molecule has 6 rings (SSSR count). The van der Waals surface area contributed by atoms with Crippen LogP contribution in [0.1, 0.15) is 78.6 Å². The van der Waals surface area contributed by atoms with E-state index >= 15 is 0 Å². The molecule has 264 valence electrons. The van der Waals surface area contributed by atoms with Gasteiger partial charge in [-0.3, -0.25) is 19.1 Å². The van der Waals surface area contributed by atoms with Gasteiger partial charge in [0.25, 0.3) is 5.91 Å². The average Bonchev–Trinajstić information content (AvgIpc) is 3.96. The normalized spacial score (nSPS) is 27.9. The van der Waals surface area contributed by atoms with E-state index in [-0.39, 0.29) is 19.4 Å². The van der Waals surface area contributed by atoms with E-state index in [9.17, 15) is 27.6 Å². The zero-order valence-electron chi connectivity index (χ0n) is 28.1. The summed E-state index contributed by atoms with van der Waals surface area (Å²) < 4.78 is 39.5. The van der Waals surface area contributed by atoms with E-state index in [1.54, 1.807) is 27.0 Å². The highest BCUT2D eigenvalue weighted by atomic mass is 32.2. The molecule has 2 unspecified atom stereocenters. The van der Waals surface area contributed by atoms with E-state index in [0.717, 1.165) is 23.6 Å². The predicted octanol–water partition coefficient (Wildman–Crippen LogP) is 3.48. The summed E-state index contributed by atoms with van der Waals surface area (Å²) in [5.74, 6) is -1.91. The number of hydrogen-bond acceptors (Lipinski definition) is 9. The lowest BCUT2D eigenvalue weighted by atomic mass is 10.0. The summed E-state index contributed by atoms with van der Waals surface area (Å²) in [6.07, 6.45) is 8.59. The largest absolute Gasteiger partial charge is 0.472 e. The molecular weight excluding hydrogens is 650 g/mol. The van der Waals surface area contributed by atoms with Gasteiger partial charge >= 0.3 is 6.09 Å². The molecule has 13 nitrogen and oxygen atoms in total. The lowest BCUT2D eigenvalue weighted by Crippen LogP contribution is -2.58. The maximum atomic E-state index is 14.3. The van der Waals surface area contributed by atoms with E-state index < -0.39 is 74.3 Å². The molecule has 0 spiro atoms. The Morgan fingerprint density at radius 3 is 2.59 bits per heavy atom. The fraction of sp³-hybridized carbons (Fsp3) is 0.571. The van der Waals surface area contributed by atoms with Gasteiger partial charge in [-0.25, -0.2) is 18.2 Å². The van der Waals surface area contributed by atoms with Crippen LogP contribution in [0.2, 0.25) is 0 Å².